The lowest BCUT2D eigenvalue weighted by Crippen LogP contribution is -2.17. The zero-order valence-electron chi connectivity index (χ0n) is 9.58. The number of rotatable bonds is 4. The summed E-state index contributed by atoms with van der Waals surface area (Å²) in [6.07, 6.45) is 3.87. The van der Waals surface area contributed by atoms with Gasteiger partial charge in [0.1, 0.15) is 5.82 Å². The first-order chi connectivity index (χ1) is 7.29. The average Bonchev–Trinajstić information content (AvgIpc) is 2.11. The highest BCUT2D eigenvalue weighted by atomic mass is 14.9. The predicted molar refractivity (Wildman–Crippen MR) is 60.7 cm³/mol. The van der Waals surface area contributed by atoms with Gasteiger partial charge in [0.25, 0.3) is 0 Å². The third kappa shape index (κ3) is 2.53. The molecule has 0 radical (unpaired) electrons. The van der Waals surface area contributed by atoms with Gasteiger partial charge in [-0.25, -0.2) is 9.97 Å². The van der Waals surface area contributed by atoms with Gasteiger partial charge >= 0.3 is 0 Å². The van der Waals surface area contributed by atoms with Crippen LogP contribution >= 0.6 is 0 Å². The van der Waals surface area contributed by atoms with Gasteiger partial charge in [-0.15, -0.1) is 0 Å². The van der Waals surface area contributed by atoms with Crippen molar-refractivity contribution in [2.24, 2.45) is 0 Å². The maximum Gasteiger partial charge on any atom is 0.131 e. The summed E-state index contributed by atoms with van der Waals surface area (Å²) < 4.78 is 0. The van der Waals surface area contributed by atoms with Crippen LogP contribution in [0.5, 0.6) is 0 Å². The Bertz CT molecular complexity index is 332. The van der Waals surface area contributed by atoms with Crippen molar-refractivity contribution < 1.29 is 0 Å². The minimum Gasteiger partial charge on any atom is -0.311 e. The van der Waals surface area contributed by atoms with E-state index in [1.165, 1.54) is 19.3 Å². The Morgan fingerprint density at radius 3 is 2.80 bits per heavy atom. The van der Waals surface area contributed by atoms with E-state index in [0.717, 1.165) is 30.3 Å². The van der Waals surface area contributed by atoms with Gasteiger partial charge in [-0.3, -0.25) is 0 Å². The molecule has 1 aromatic heterocycles. The molecule has 15 heavy (non-hydrogen) atoms. The average molecular weight is 205 g/mol. The summed E-state index contributed by atoms with van der Waals surface area (Å²) in [5.41, 5.74) is 2.23. The van der Waals surface area contributed by atoms with Crippen molar-refractivity contribution >= 4 is 0 Å². The van der Waals surface area contributed by atoms with Crippen molar-refractivity contribution in [3.05, 3.63) is 23.3 Å². The van der Waals surface area contributed by atoms with Crippen molar-refractivity contribution in [2.45, 2.75) is 45.6 Å². The molecular formula is C12H19N3. The molecule has 0 unspecified atom stereocenters. The molecule has 1 aromatic rings. The molecule has 0 aromatic carbocycles. The Hall–Kier alpha value is -0.960. The molecule has 0 bridgehead atoms. The zero-order chi connectivity index (χ0) is 10.7. The summed E-state index contributed by atoms with van der Waals surface area (Å²) in [5.74, 6) is 1.69. The largest absolute Gasteiger partial charge is 0.311 e. The van der Waals surface area contributed by atoms with Gasteiger partial charge in [0, 0.05) is 18.2 Å². The maximum atomic E-state index is 4.62. The molecule has 3 heteroatoms. The van der Waals surface area contributed by atoms with Crippen LogP contribution in [0.15, 0.2) is 6.07 Å². The van der Waals surface area contributed by atoms with Crippen LogP contribution in [0.3, 0.4) is 0 Å². The van der Waals surface area contributed by atoms with Gasteiger partial charge in [0.2, 0.25) is 0 Å². The number of hydrogen-bond donors (Lipinski definition) is 1. The van der Waals surface area contributed by atoms with Gasteiger partial charge < -0.3 is 5.32 Å². The Balaban J connectivity index is 2.12. The minimum atomic E-state index is 0.630. The molecule has 82 valence electrons. The first kappa shape index (κ1) is 10.6. The summed E-state index contributed by atoms with van der Waals surface area (Å²) in [6, 6.07) is 2.07. The molecular weight excluding hydrogens is 186 g/mol. The molecule has 0 amide bonds. The van der Waals surface area contributed by atoms with Crippen LogP contribution in [-0.2, 0) is 6.54 Å². The van der Waals surface area contributed by atoms with Gasteiger partial charge in [-0.2, -0.15) is 0 Å². The highest BCUT2D eigenvalue weighted by Crippen LogP contribution is 2.34. The van der Waals surface area contributed by atoms with Crippen molar-refractivity contribution in [2.75, 3.05) is 6.54 Å². The lowest BCUT2D eigenvalue weighted by atomic mass is 9.85. The van der Waals surface area contributed by atoms with Crippen molar-refractivity contribution in [1.29, 1.82) is 0 Å². The van der Waals surface area contributed by atoms with Crippen LogP contribution in [0, 0.1) is 6.92 Å². The topological polar surface area (TPSA) is 37.8 Å². The van der Waals surface area contributed by atoms with Gasteiger partial charge in [0.05, 0.1) is 5.69 Å². The molecule has 0 atom stereocenters. The SMILES string of the molecule is CCNCc1cc(C)nc(C2CCC2)n1. The van der Waals surface area contributed by atoms with E-state index in [9.17, 15) is 0 Å². The molecule has 2 rings (SSSR count). The Labute approximate surface area is 91.3 Å². The third-order valence-electron chi connectivity index (χ3n) is 2.95. The zero-order valence-corrected chi connectivity index (χ0v) is 9.58. The Kier molecular flexibility index (Phi) is 3.31. The molecule has 1 N–H and O–H groups in total. The summed E-state index contributed by atoms with van der Waals surface area (Å²) >= 11 is 0. The number of nitrogens with zero attached hydrogens (tertiary/aromatic N) is 2. The summed E-state index contributed by atoms with van der Waals surface area (Å²) in [4.78, 5) is 9.14. The Morgan fingerprint density at radius 1 is 1.40 bits per heavy atom. The van der Waals surface area contributed by atoms with Crippen LogP contribution in [0.2, 0.25) is 0 Å². The number of aromatic nitrogens is 2. The first-order valence-electron chi connectivity index (χ1n) is 5.84. The molecule has 1 aliphatic rings. The molecule has 1 heterocycles. The molecule has 0 saturated heterocycles. The second-order valence-electron chi connectivity index (χ2n) is 4.27. The van der Waals surface area contributed by atoms with E-state index in [1.807, 2.05) is 0 Å². The molecule has 1 fully saturated rings. The second-order valence-corrected chi connectivity index (χ2v) is 4.27. The smallest absolute Gasteiger partial charge is 0.131 e. The van der Waals surface area contributed by atoms with Gasteiger partial charge in [0.15, 0.2) is 0 Å². The quantitative estimate of drug-likeness (QED) is 0.818. The normalized spacial score (nSPS) is 16.4. The van der Waals surface area contributed by atoms with Crippen LogP contribution < -0.4 is 5.32 Å². The van der Waals surface area contributed by atoms with E-state index < -0.39 is 0 Å². The van der Waals surface area contributed by atoms with E-state index in [4.69, 9.17) is 0 Å². The number of aryl methyl sites for hydroxylation is 1. The summed E-state index contributed by atoms with van der Waals surface area (Å²) in [5, 5.41) is 3.30. The lowest BCUT2D eigenvalue weighted by molar-refractivity contribution is 0.399. The Morgan fingerprint density at radius 2 is 2.20 bits per heavy atom. The first-order valence-corrected chi connectivity index (χ1v) is 5.84. The molecule has 1 saturated carbocycles. The van der Waals surface area contributed by atoms with E-state index in [-0.39, 0.29) is 0 Å². The van der Waals surface area contributed by atoms with Crippen LogP contribution in [0.4, 0.5) is 0 Å². The predicted octanol–water partition coefficient (Wildman–Crippen LogP) is 2.16. The van der Waals surface area contributed by atoms with Gasteiger partial charge in [-0.05, 0) is 32.4 Å². The summed E-state index contributed by atoms with van der Waals surface area (Å²) in [7, 11) is 0. The number of nitrogens with one attached hydrogen (secondary N) is 1. The minimum absolute atomic E-state index is 0.630. The fourth-order valence-electron chi connectivity index (χ4n) is 1.85. The third-order valence-corrected chi connectivity index (χ3v) is 2.95. The number of hydrogen-bond acceptors (Lipinski definition) is 3. The van der Waals surface area contributed by atoms with Crippen molar-refractivity contribution in [3.8, 4) is 0 Å². The second kappa shape index (κ2) is 4.71. The monoisotopic (exact) mass is 205 g/mol. The molecule has 3 nitrogen and oxygen atoms in total. The van der Waals surface area contributed by atoms with E-state index in [0.29, 0.717) is 5.92 Å². The standard InChI is InChI=1S/C12H19N3/c1-3-13-8-11-7-9(2)14-12(15-11)10-5-4-6-10/h7,10,13H,3-6,8H2,1-2H3. The van der Waals surface area contributed by atoms with Crippen LogP contribution in [0.1, 0.15) is 49.3 Å². The van der Waals surface area contributed by atoms with E-state index in [1.54, 1.807) is 0 Å². The van der Waals surface area contributed by atoms with Crippen molar-refractivity contribution in [1.82, 2.24) is 15.3 Å². The highest BCUT2D eigenvalue weighted by Gasteiger charge is 2.22. The highest BCUT2D eigenvalue weighted by molar-refractivity contribution is 5.13. The van der Waals surface area contributed by atoms with Crippen molar-refractivity contribution in [3.63, 3.8) is 0 Å². The fraction of sp³-hybridized carbons (Fsp3) is 0.667. The van der Waals surface area contributed by atoms with E-state index in [2.05, 4.69) is 35.2 Å². The van der Waals surface area contributed by atoms with Crippen LogP contribution in [-0.4, -0.2) is 16.5 Å². The fourth-order valence-corrected chi connectivity index (χ4v) is 1.85. The molecule has 0 aliphatic heterocycles. The molecule has 1 aliphatic carbocycles. The van der Waals surface area contributed by atoms with Gasteiger partial charge in [-0.1, -0.05) is 13.3 Å². The molecule has 0 spiro atoms. The summed E-state index contributed by atoms with van der Waals surface area (Å²) in [6.45, 7) is 6.02. The lowest BCUT2D eigenvalue weighted by Gasteiger charge is -2.24. The van der Waals surface area contributed by atoms with Crippen LogP contribution in [0.25, 0.3) is 0 Å². The maximum absolute atomic E-state index is 4.62. The van der Waals surface area contributed by atoms with E-state index >= 15 is 0 Å².